The molecule has 0 aliphatic heterocycles. The highest BCUT2D eigenvalue weighted by molar-refractivity contribution is 6.17. The lowest BCUT2D eigenvalue weighted by Gasteiger charge is -2.24. The summed E-state index contributed by atoms with van der Waals surface area (Å²) in [6, 6.07) is 0. The Morgan fingerprint density at radius 2 is 2.31 bits per heavy atom. The first kappa shape index (κ1) is 13.0. The van der Waals surface area contributed by atoms with Crippen molar-refractivity contribution in [2.45, 2.75) is 26.7 Å². The predicted octanol–water partition coefficient (Wildman–Crippen LogP) is 2.23. The van der Waals surface area contributed by atoms with Crippen LogP contribution >= 0.6 is 11.6 Å². The molecule has 0 saturated carbocycles. The molecule has 0 radical (unpaired) electrons. The number of nitrogens with one attached hydrogen (secondary N) is 2. The van der Waals surface area contributed by atoms with Gasteiger partial charge in [0.1, 0.15) is 0 Å². The molecule has 4 nitrogen and oxygen atoms in total. The van der Waals surface area contributed by atoms with E-state index in [0.29, 0.717) is 18.2 Å². The van der Waals surface area contributed by atoms with Crippen LogP contribution in [0.1, 0.15) is 26.7 Å². The number of rotatable bonds is 6. The van der Waals surface area contributed by atoms with Crippen molar-refractivity contribution >= 4 is 17.4 Å². The number of aromatic amines is 1. The average Bonchev–Trinajstić information content (AvgIpc) is 2.26. The number of alkyl halides is 1. The van der Waals surface area contributed by atoms with Gasteiger partial charge < -0.3 is 10.3 Å². The Labute approximate surface area is 100 Å². The summed E-state index contributed by atoms with van der Waals surface area (Å²) in [5.74, 6) is 1.05. The fraction of sp³-hybridized carbons (Fsp3) is 0.636. The Morgan fingerprint density at radius 3 is 2.94 bits per heavy atom. The quantitative estimate of drug-likeness (QED) is 0.754. The molecule has 0 spiro atoms. The number of hydrogen-bond acceptors (Lipinski definition) is 3. The maximum absolute atomic E-state index is 11.3. The molecule has 0 aromatic carbocycles. The summed E-state index contributed by atoms with van der Waals surface area (Å²) < 4.78 is 0. The van der Waals surface area contributed by atoms with Crippen molar-refractivity contribution in [3.05, 3.63) is 22.7 Å². The summed E-state index contributed by atoms with van der Waals surface area (Å²) in [4.78, 5) is 17.9. The van der Waals surface area contributed by atoms with Crippen LogP contribution in [-0.2, 0) is 0 Å². The molecule has 0 amide bonds. The van der Waals surface area contributed by atoms with Crippen LogP contribution in [0.2, 0.25) is 0 Å². The van der Waals surface area contributed by atoms with E-state index in [1.807, 2.05) is 0 Å². The molecule has 90 valence electrons. The molecule has 0 saturated heterocycles. The second kappa shape index (κ2) is 5.89. The van der Waals surface area contributed by atoms with E-state index >= 15 is 0 Å². The summed E-state index contributed by atoms with van der Waals surface area (Å²) in [6.07, 6.45) is 5.09. The van der Waals surface area contributed by atoms with Crippen LogP contribution in [0.4, 0.5) is 5.82 Å². The van der Waals surface area contributed by atoms with Crippen molar-refractivity contribution < 1.29 is 0 Å². The lowest BCUT2D eigenvalue weighted by atomic mass is 9.88. The molecule has 0 bridgehead atoms. The van der Waals surface area contributed by atoms with Gasteiger partial charge in [-0.05, 0) is 18.3 Å². The Kier molecular flexibility index (Phi) is 4.80. The molecule has 0 fully saturated rings. The Balaban J connectivity index is 2.51. The molecule has 0 aliphatic rings. The molecule has 16 heavy (non-hydrogen) atoms. The number of hydrogen-bond donors (Lipinski definition) is 2. The lowest BCUT2D eigenvalue weighted by molar-refractivity contribution is 0.355. The third-order valence-electron chi connectivity index (χ3n) is 2.43. The minimum Gasteiger partial charge on any atom is -0.365 e. The van der Waals surface area contributed by atoms with Crippen LogP contribution in [0, 0.1) is 5.41 Å². The molecule has 1 heterocycles. The number of halogens is 1. The summed E-state index contributed by atoms with van der Waals surface area (Å²) in [5, 5.41) is 3.06. The molecule has 0 unspecified atom stereocenters. The molecule has 5 heteroatoms. The zero-order valence-corrected chi connectivity index (χ0v) is 10.5. The van der Waals surface area contributed by atoms with E-state index in [4.69, 9.17) is 11.6 Å². The van der Waals surface area contributed by atoms with E-state index < -0.39 is 0 Å². The zero-order chi connectivity index (χ0) is 12.0. The maximum Gasteiger partial charge on any atom is 0.290 e. The number of nitrogens with zero attached hydrogens (tertiary/aromatic N) is 1. The van der Waals surface area contributed by atoms with Gasteiger partial charge >= 0.3 is 0 Å². The second-order valence-corrected chi connectivity index (χ2v) is 4.96. The minimum atomic E-state index is -0.185. The van der Waals surface area contributed by atoms with E-state index in [0.717, 1.165) is 12.8 Å². The van der Waals surface area contributed by atoms with Gasteiger partial charge in [-0.1, -0.05) is 13.8 Å². The van der Waals surface area contributed by atoms with Crippen LogP contribution in [0.3, 0.4) is 0 Å². The summed E-state index contributed by atoms with van der Waals surface area (Å²) in [7, 11) is 0. The van der Waals surface area contributed by atoms with Crippen LogP contribution < -0.4 is 10.9 Å². The molecular formula is C11H18ClN3O. The molecule has 0 aliphatic carbocycles. The van der Waals surface area contributed by atoms with Gasteiger partial charge in [-0.2, -0.15) is 0 Å². The first-order valence-electron chi connectivity index (χ1n) is 5.39. The third-order valence-corrected chi connectivity index (χ3v) is 2.70. The van der Waals surface area contributed by atoms with Gasteiger partial charge in [-0.25, -0.2) is 4.98 Å². The molecule has 1 aromatic rings. The van der Waals surface area contributed by atoms with E-state index in [2.05, 4.69) is 29.1 Å². The Bertz CT molecular complexity index is 375. The van der Waals surface area contributed by atoms with E-state index in [9.17, 15) is 4.79 Å². The largest absolute Gasteiger partial charge is 0.365 e. The number of H-pyrrole nitrogens is 1. The van der Waals surface area contributed by atoms with Crippen molar-refractivity contribution in [3.63, 3.8) is 0 Å². The van der Waals surface area contributed by atoms with Gasteiger partial charge in [0.25, 0.3) is 5.56 Å². The number of anilines is 1. The summed E-state index contributed by atoms with van der Waals surface area (Å²) in [5.41, 5.74) is -0.0746. The van der Waals surface area contributed by atoms with Gasteiger partial charge in [0.05, 0.1) is 0 Å². The summed E-state index contributed by atoms with van der Waals surface area (Å²) >= 11 is 5.66. The van der Waals surface area contributed by atoms with Gasteiger partial charge in [0, 0.05) is 24.8 Å². The Hall–Kier alpha value is -1.03. The highest BCUT2D eigenvalue weighted by Gasteiger charge is 2.17. The highest BCUT2D eigenvalue weighted by Crippen LogP contribution is 2.22. The topological polar surface area (TPSA) is 57.8 Å². The Morgan fingerprint density at radius 1 is 1.56 bits per heavy atom. The minimum absolute atomic E-state index is 0.110. The SMILES string of the molecule is CC(C)(CCCCl)CNc1ncc[nH]c1=O. The van der Waals surface area contributed by atoms with E-state index in [1.165, 1.54) is 6.20 Å². The molecule has 1 rings (SSSR count). The standard InChI is InChI=1S/C11H18ClN3O/c1-11(2,4-3-5-12)8-15-9-10(16)14-7-6-13-9/h6-7H,3-5,8H2,1-2H3,(H,13,15)(H,14,16). The normalized spacial score (nSPS) is 11.4. The average molecular weight is 244 g/mol. The fourth-order valence-electron chi connectivity index (χ4n) is 1.43. The third kappa shape index (κ3) is 4.23. The zero-order valence-electron chi connectivity index (χ0n) is 9.72. The molecule has 1 aromatic heterocycles. The molecule has 2 N–H and O–H groups in total. The second-order valence-electron chi connectivity index (χ2n) is 4.58. The van der Waals surface area contributed by atoms with E-state index in [-0.39, 0.29) is 11.0 Å². The molecular weight excluding hydrogens is 226 g/mol. The monoisotopic (exact) mass is 243 g/mol. The van der Waals surface area contributed by atoms with Crippen molar-refractivity contribution in [2.24, 2.45) is 5.41 Å². The lowest BCUT2D eigenvalue weighted by Crippen LogP contribution is -2.26. The highest BCUT2D eigenvalue weighted by atomic mass is 35.5. The summed E-state index contributed by atoms with van der Waals surface area (Å²) in [6.45, 7) is 5.00. The van der Waals surface area contributed by atoms with Gasteiger partial charge in [-0.3, -0.25) is 4.79 Å². The van der Waals surface area contributed by atoms with Crippen molar-refractivity contribution in [1.82, 2.24) is 9.97 Å². The van der Waals surface area contributed by atoms with Crippen LogP contribution in [0.25, 0.3) is 0 Å². The molecule has 0 atom stereocenters. The van der Waals surface area contributed by atoms with Crippen LogP contribution in [0.5, 0.6) is 0 Å². The fourth-order valence-corrected chi connectivity index (χ4v) is 1.57. The first-order chi connectivity index (χ1) is 7.55. The van der Waals surface area contributed by atoms with Crippen LogP contribution in [-0.4, -0.2) is 22.4 Å². The van der Waals surface area contributed by atoms with E-state index in [1.54, 1.807) is 6.20 Å². The van der Waals surface area contributed by atoms with Gasteiger partial charge in [0.15, 0.2) is 5.82 Å². The smallest absolute Gasteiger partial charge is 0.290 e. The van der Waals surface area contributed by atoms with Crippen molar-refractivity contribution in [1.29, 1.82) is 0 Å². The van der Waals surface area contributed by atoms with Crippen molar-refractivity contribution in [2.75, 3.05) is 17.7 Å². The van der Waals surface area contributed by atoms with Crippen molar-refractivity contribution in [3.8, 4) is 0 Å². The first-order valence-corrected chi connectivity index (χ1v) is 5.92. The van der Waals surface area contributed by atoms with Gasteiger partial charge in [0.2, 0.25) is 0 Å². The number of aromatic nitrogens is 2. The maximum atomic E-state index is 11.3. The van der Waals surface area contributed by atoms with Gasteiger partial charge in [-0.15, -0.1) is 11.6 Å². The van der Waals surface area contributed by atoms with Crippen LogP contribution in [0.15, 0.2) is 17.2 Å². The predicted molar refractivity (Wildman–Crippen MR) is 67.1 cm³/mol.